The summed E-state index contributed by atoms with van der Waals surface area (Å²) in [7, 11) is 0. The Bertz CT molecular complexity index is 1340. The van der Waals surface area contributed by atoms with Crippen LogP contribution in [0, 0.1) is 11.3 Å². The highest BCUT2D eigenvalue weighted by molar-refractivity contribution is 7.14. The number of thiazole rings is 1. The molecule has 6 nitrogen and oxygen atoms in total. The summed E-state index contributed by atoms with van der Waals surface area (Å²) in [6.45, 7) is 0. The van der Waals surface area contributed by atoms with Crippen LogP contribution in [0.4, 0.5) is 5.13 Å². The molecular weight excluding hydrogens is 422 g/mol. The molecule has 0 saturated carbocycles. The molecule has 1 amide bonds. The SMILES string of the molecule is N#C/C(=C\c1ccc(O)c(O)c1)C(=O)Nc1nc(-c2ccc(-c3ccccc3)cc2)cs1. The molecule has 1 heterocycles. The molecule has 0 aliphatic heterocycles. The molecule has 0 saturated heterocycles. The van der Waals surface area contributed by atoms with E-state index in [9.17, 15) is 20.3 Å². The second kappa shape index (κ2) is 9.16. The van der Waals surface area contributed by atoms with E-state index in [1.165, 1.54) is 35.6 Å². The molecular formula is C25H17N3O3S. The van der Waals surface area contributed by atoms with E-state index < -0.39 is 5.91 Å². The van der Waals surface area contributed by atoms with Crippen molar-refractivity contribution in [3.8, 4) is 40.0 Å². The predicted octanol–water partition coefficient (Wildman–Crippen LogP) is 5.43. The molecule has 1 aromatic heterocycles. The monoisotopic (exact) mass is 439 g/mol. The Balaban J connectivity index is 1.48. The Morgan fingerprint density at radius 2 is 1.62 bits per heavy atom. The maximum absolute atomic E-state index is 12.5. The summed E-state index contributed by atoms with van der Waals surface area (Å²) < 4.78 is 0. The second-order valence-corrected chi connectivity index (χ2v) is 7.71. The van der Waals surface area contributed by atoms with Crippen molar-refractivity contribution in [1.82, 2.24) is 4.98 Å². The number of phenols is 2. The van der Waals surface area contributed by atoms with Crippen molar-refractivity contribution < 1.29 is 15.0 Å². The normalized spacial score (nSPS) is 11.0. The number of phenolic OH excluding ortho intramolecular Hbond substituents is 2. The minimum absolute atomic E-state index is 0.154. The van der Waals surface area contributed by atoms with Crippen molar-refractivity contribution in [3.63, 3.8) is 0 Å². The fourth-order valence-corrected chi connectivity index (χ4v) is 3.75. The molecule has 0 aliphatic rings. The summed E-state index contributed by atoms with van der Waals surface area (Å²) >= 11 is 1.26. The van der Waals surface area contributed by atoms with Crippen LogP contribution in [0.3, 0.4) is 0 Å². The number of hydrogen-bond donors (Lipinski definition) is 3. The number of nitrogens with one attached hydrogen (secondary N) is 1. The van der Waals surface area contributed by atoms with Gasteiger partial charge in [-0.1, -0.05) is 60.7 Å². The van der Waals surface area contributed by atoms with E-state index in [0.717, 1.165) is 22.4 Å². The first-order chi connectivity index (χ1) is 15.5. The van der Waals surface area contributed by atoms with Crippen LogP contribution < -0.4 is 5.32 Å². The summed E-state index contributed by atoms with van der Waals surface area (Å²) in [6.07, 6.45) is 1.32. The summed E-state index contributed by atoms with van der Waals surface area (Å²) in [5, 5.41) is 33.2. The van der Waals surface area contributed by atoms with E-state index in [1.807, 2.05) is 66.0 Å². The number of benzene rings is 3. The van der Waals surface area contributed by atoms with Gasteiger partial charge in [-0.3, -0.25) is 10.1 Å². The van der Waals surface area contributed by atoms with Gasteiger partial charge in [0, 0.05) is 10.9 Å². The van der Waals surface area contributed by atoms with Gasteiger partial charge in [-0.05, 0) is 34.9 Å². The van der Waals surface area contributed by atoms with Gasteiger partial charge in [0.05, 0.1) is 5.69 Å². The molecule has 156 valence electrons. The van der Waals surface area contributed by atoms with Crippen LogP contribution in [0.5, 0.6) is 11.5 Å². The third kappa shape index (κ3) is 4.67. The van der Waals surface area contributed by atoms with E-state index in [0.29, 0.717) is 10.7 Å². The maximum Gasteiger partial charge on any atom is 0.268 e. The van der Waals surface area contributed by atoms with Crippen LogP contribution in [-0.4, -0.2) is 21.1 Å². The highest BCUT2D eigenvalue weighted by atomic mass is 32.1. The van der Waals surface area contributed by atoms with Crippen molar-refractivity contribution in [3.05, 3.63) is 89.3 Å². The number of hydrogen-bond acceptors (Lipinski definition) is 6. The predicted molar refractivity (Wildman–Crippen MR) is 125 cm³/mol. The molecule has 0 radical (unpaired) electrons. The Labute approximate surface area is 188 Å². The average molecular weight is 439 g/mol. The molecule has 0 spiro atoms. The minimum atomic E-state index is -0.611. The van der Waals surface area contributed by atoms with Crippen LogP contribution in [0.1, 0.15) is 5.56 Å². The molecule has 4 aromatic rings. The number of rotatable bonds is 5. The smallest absolute Gasteiger partial charge is 0.268 e. The number of nitrogens with zero attached hydrogens (tertiary/aromatic N) is 2. The Kier molecular flexibility index (Phi) is 5.97. The summed E-state index contributed by atoms with van der Waals surface area (Å²) in [6, 6.07) is 23.9. The van der Waals surface area contributed by atoms with Crippen LogP contribution in [0.25, 0.3) is 28.5 Å². The molecule has 0 fully saturated rings. The molecule has 32 heavy (non-hydrogen) atoms. The number of nitriles is 1. The largest absolute Gasteiger partial charge is 0.504 e. The maximum atomic E-state index is 12.5. The van der Waals surface area contributed by atoms with Gasteiger partial charge in [-0.2, -0.15) is 5.26 Å². The molecule has 0 aliphatic carbocycles. The zero-order chi connectivity index (χ0) is 22.5. The van der Waals surface area contributed by atoms with E-state index in [-0.39, 0.29) is 17.1 Å². The van der Waals surface area contributed by atoms with Gasteiger partial charge in [0.15, 0.2) is 16.6 Å². The van der Waals surface area contributed by atoms with Crippen molar-refractivity contribution in [2.75, 3.05) is 5.32 Å². The standard InChI is InChI=1S/C25H17N3O3S/c26-14-20(12-16-6-11-22(29)23(30)13-16)24(31)28-25-27-21(15-32-25)19-9-7-18(8-10-19)17-4-2-1-3-5-17/h1-13,15,29-30H,(H,27,28,31)/b20-12+. The van der Waals surface area contributed by atoms with Crippen molar-refractivity contribution in [2.45, 2.75) is 0 Å². The number of carbonyl (C=O) groups is 1. The van der Waals surface area contributed by atoms with E-state index >= 15 is 0 Å². The van der Waals surface area contributed by atoms with E-state index in [2.05, 4.69) is 10.3 Å². The Morgan fingerprint density at radius 3 is 2.31 bits per heavy atom. The number of aromatic hydroxyl groups is 2. The molecule has 3 N–H and O–H groups in total. The minimum Gasteiger partial charge on any atom is -0.504 e. The average Bonchev–Trinajstić information content (AvgIpc) is 3.28. The molecule has 0 atom stereocenters. The lowest BCUT2D eigenvalue weighted by molar-refractivity contribution is -0.112. The van der Waals surface area contributed by atoms with E-state index in [4.69, 9.17) is 0 Å². The fourth-order valence-electron chi connectivity index (χ4n) is 3.04. The van der Waals surface area contributed by atoms with Gasteiger partial charge < -0.3 is 10.2 Å². The lowest BCUT2D eigenvalue weighted by atomic mass is 10.0. The van der Waals surface area contributed by atoms with E-state index in [1.54, 1.807) is 0 Å². The number of carbonyl (C=O) groups excluding carboxylic acids is 1. The fraction of sp³-hybridized carbons (Fsp3) is 0. The zero-order valence-corrected chi connectivity index (χ0v) is 17.5. The first-order valence-electron chi connectivity index (χ1n) is 9.60. The van der Waals surface area contributed by atoms with Gasteiger partial charge >= 0.3 is 0 Å². The quantitative estimate of drug-likeness (QED) is 0.218. The van der Waals surface area contributed by atoms with Gasteiger partial charge in [-0.15, -0.1) is 11.3 Å². The third-order valence-electron chi connectivity index (χ3n) is 4.69. The first kappa shape index (κ1) is 20.8. The van der Waals surface area contributed by atoms with Crippen LogP contribution in [0.2, 0.25) is 0 Å². The Morgan fingerprint density at radius 1 is 0.938 bits per heavy atom. The molecule has 7 heteroatoms. The van der Waals surface area contributed by atoms with Gasteiger partial charge in [0.25, 0.3) is 5.91 Å². The first-order valence-corrected chi connectivity index (χ1v) is 10.5. The summed E-state index contributed by atoms with van der Waals surface area (Å²) in [5.74, 6) is -1.23. The molecule has 3 aromatic carbocycles. The number of aromatic nitrogens is 1. The second-order valence-electron chi connectivity index (χ2n) is 6.85. The highest BCUT2D eigenvalue weighted by Gasteiger charge is 2.13. The molecule has 0 bridgehead atoms. The molecule has 4 rings (SSSR count). The molecule has 0 unspecified atom stereocenters. The zero-order valence-electron chi connectivity index (χ0n) is 16.7. The third-order valence-corrected chi connectivity index (χ3v) is 5.45. The number of anilines is 1. The lowest BCUT2D eigenvalue weighted by Gasteiger charge is -2.03. The van der Waals surface area contributed by atoms with Crippen molar-refractivity contribution in [1.29, 1.82) is 5.26 Å². The van der Waals surface area contributed by atoms with Gasteiger partial charge in [0.1, 0.15) is 11.6 Å². The summed E-state index contributed by atoms with van der Waals surface area (Å²) in [5.41, 5.74) is 4.11. The van der Waals surface area contributed by atoms with Crippen LogP contribution >= 0.6 is 11.3 Å². The highest BCUT2D eigenvalue weighted by Crippen LogP contribution is 2.29. The van der Waals surface area contributed by atoms with Crippen LogP contribution in [0.15, 0.2) is 83.7 Å². The van der Waals surface area contributed by atoms with Gasteiger partial charge in [0.2, 0.25) is 0 Å². The van der Waals surface area contributed by atoms with Gasteiger partial charge in [-0.25, -0.2) is 4.98 Å². The van der Waals surface area contributed by atoms with Crippen molar-refractivity contribution >= 4 is 28.5 Å². The lowest BCUT2D eigenvalue weighted by Crippen LogP contribution is -2.13. The summed E-state index contributed by atoms with van der Waals surface area (Å²) in [4.78, 5) is 16.9. The van der Waals surface area contributed by atoms with Crippen LogP contribution in [-0.2, 0) is 4.79 Å². The van der Waals surface area contributed by atoms with Crippen molar-refractivity contribution in [2.24, 2.45) is 0 Å². The topological polar surface area (TPSA) is 106 Å². The number of amides is 1. The Hall–Kier alpha value is -4.41.